The van der Waals surface area contributed by atoms with E-state index in [1.54, 1.807) is 13.2 Å². The Morgan fingerprint density at radius 3 is 2.34 bits per heavy atom. The lowest BCUT2D eigenvalue weighted by molar-refractivity contribution is -0.124. The summed E-state index contributed by atoms with van der Waals surface area (Å²) >= 11 is 0. The molecule has 0 unspecified atom stereocenters. The molecule has 8 heteroatoms. The van der Waals surface area contributed by atoms with Gasteiger partial charge in [0, 0.05) is 36.4 Å². The van der Waals surface area contributed by atoms with E-state index in [0.717, 1.165) is 49.8 Å². The van der Waals surface area contributed by atoms with Crippen LogP contribution in [-0.4, -0.2) is 72.5 Å². The minimum atomic E-state index is -0.125. The summed E-state index contributed by atoms with van der Waals surface area (Å²) in [6, 6.07) is 6.45. The molecular formula is C27H39N3O5. The Balaban J connectivity index is 1.62. The number of amides is 1. The Bertz CT molecular complexity index is 913. The number of methoxy groups -OCH3 is 1. The molecule has 2 N–H and O–H groups in total. The number of anilines is 1. The number of aliphatic hydroxyl groups excluding tert-OH is 2. The van der Waals surface area contributed by atoms with Gasteiger partial charge in [0.25, 0.3) is 5.91 Å². The molecule has 1 heterocycles. The normalized spacial score (nSPS) is 22.1. The molecule has 1 aromatic rings. The van der Waals surface area contributed by atoms with E-state index >= 15 is 0 Å². The van der Waals surface area contributed by atoms with Gasteiger partial charge in [0.1, 0.15) is 5.75 Å². The van der Waals surface area contributed by atoms with Crippen molar-refractivity contribution in [1.29, 1.82) is 0 Å². The summed E-state index contributed by atoms with van der Waals surface area (Å²) in [5.41, 5.74) is 1.56. The highest BCUT2D eigenvalue weighted by atomic mass is 16.5. The third-order valence-electron chi connectivity index (χ3n) is 7.25. The third-order valence-corrected chi connectivity index (χ3v) is 7.25. The molecule has 0 spiro atoms. The van der Waals surface area contributed by atoms with E-state index in [9.17, 15) is 15.0 Å². The molecule has 0 radical (unpaired) electrons. The van der Waals surface area contributed by atoms with Gasteiger partial charge in [-0.15, -0.1) is 0 Å². The molecule has 0 aromatic heterocycles. The molecule has 1 amide bonds. The van der Waals surface area contributed by atoms with Gasteiger partial charge >= 0.3 is 6.02 Å². The van der Waals surface area contributed by atoms with E-state index in [1.807, 2.05) is 28.0 Å². The van der Waals surface area contributed by atoms with Crippen LogP contribution in [0, 0.1) is 0 Å². The maximum Gasteiger partial charge on any atom is 0.300 e. The van der Waals surface area contributed by atoms with Crippen molar-refractivity contribution >= 4 is 23.7 Å². The molecule has 2 saturated carbocycles. The lowest BCUT2D eigenvalue weighted by atomic mass is 9.94. The second-order valence-corrected chi connectivity index (χ2v) is 9.64. The molecular weight excluding hydrogens is 446 g/mol. The molecule has 4 rings (SSSR count). The monoisotopic (exact) mass is 485 g/mol. The zero-order valence-corrected chi connectivity index (χ0v) is 20.8. The summed E-state index contributed by atoms with van der Waals surface area (Å²) < 4.78 is 11.8. The molecule has 0 atom stereocenters. The lowest BCUT2D eigenvalue weighted by Gasteiger charge is -2.29. The van der Waals surface area contributed by atoms with Crippen LogP contribution in [-0.2, 0) is 9.53 Å². The highest BCUT2D eigenvalue weighted by Gasteiger charge is 2.40. The molecule has 1 aromatic carbocycles. The van der Waals surface area contributed by atoms with Gasteiger partial charge in [0.2, 0.25) is 0 Å². The van der Waals surface area contributed by atoms with E-state index in [1.165, 1.54) is 25.7 Å². The van der Waals surface area contributed by atoms with E-state index < -0.39 is 0 Å². The van der Waals surface area contributed by atoms with Crippen LogP contribution in [0.4, 0.5) is 5.69 Å². The van der Waals surface area contributed by atoms with Crippen LogP contribution in [0.15, 0.2) is 29.0 Å². The molecule has 1 saturated heterocycles. The highest BCUT2D eigenvalue weighted by Crippen LogP contribution is 2.33. The van der Waals surface area contributed by atoms with Crippen molar-refractivity contribution in [1.82, 2.24) is 4.90 Å². The lowest BCUT2D eigenvalue weighted by Crippen LogP contribution is -2.41. The van der Waals surface area contributed by atoms with Crippen molar-refractivity contribution in [3.05, 3.63) is 29.5 Å². The van der Waals surface area contributed by atoms with Gasteiger partial charge in [-0.2, -0.15) is 0 Å². The van der Waals surface area contributed by atoms with Crippen LogP contribution < -0.4 is 9.64 Å². The highest BCUT2D eigenvalue weighted by molar-refractivity contribution is 6.11. The number of benzene rings is 1. The predicted molar refractivity (Wildman–Crippen MR) is 136 cm³/mol. The number of nitrogens with zero attached hydrogens (tertiary/aromatic N) is 3. The fourth-order valence-corrected chi connectivity index (χ4v) is 5.37. The molecule has 3 aliphatic rings. The number of aliphatic hydroxyl groups is 2. The maximum absolute atomic E-state index is 13.6. The Kier molecular flexibility index (Phi) is 9.04. The molecule has 8 nitrogen and oxygen atoms in total. The summed E-state index contributed by atoms with van der Waals surface area (Å²) in [5.74, 6) is 0.743. The first-order valence-electron chi connectivity index (χ1n) is 13.1. The van der Waals surface area contributed by atoms with E-state index in [4.69, 9.17) is 14.5 Å². The van der Waals surface area contributed by atoms with Gasteiger partial charge < -0.3 is 24.6 Å². The van der Waals surface area contributed by atoms with Crippen LogP contribution in [0.3, 0.4) is 0 Å². The Hall–Kier alpha value is -2.58. The average molecular weight is 486 g/mol. The minimum absolute atomic E-state index is 0.0173. The Morgan fingerprint density at radius 1 is 1.06 bits per heavy atom. The number of rotatable bonds is 9. The first-order chi connectivity index (χ1) is 17.1. The number of amidine groups is 1. The van der Waals surface area contributed by atoms with Gasteiger partial charge in [-0.05, 0) is 43.9 Å². The van der Waals surface area contributed by atoms with Crippen molar-refractivity contribution in [3.63, 3.8) is 0 Å². The van der Waals surface area contributed by atoms with E-state index in [0.29, 0.717) is 24.9 Å². The minimum Gasteiger partial charge on any atom is -0.496 e. The number of aliphatic imine (C=N–C) groups is 1. The Morgan fingerprint density at radius 2 is 1.71 bits per heavy atom. The molecule has 0 bridgehead atoms. The third kappa shape index (κ3) is 6.16. The fourth-order valence-electron chi connectivity index (χ4n) is 5.37. The van der Waals surface area contributed by atoms with Crippen molar-refractivity contribution in [2.45, 2.75) is 76.3 Å². The smallest absolute Gasteiger partial charge is 0.300 e. The zero-order chi connectivity index (χ0) is 24.6. The quantitative estimate of drug-likeness (QED) is 0.518. The summed E-state index contributed by atoms with van der Waals surface area (Å²) in [7, 11) is 1.59. The second kappa shape index (κ2) is 12.4. The van der Waals surface area contributed by atoms with Gasteiger partial charge in [0.05, 0.1) is 26.4 Å². The topological polar surface area (TPSA) is 94.8 Å². The Labute approximate surface area is 208 Å². The standard InChI is InChI=1S/C27H39N3O5/c1-34-24-19-23(29(14-16-31)15-17-32)13-12-20(24)18-25-26(33)30(22-10-6-3-7-11-22)27(35-25)28-21-8-4-2-5-9-21/h12-13,18-19,21-22,31-32H,2-11,14-17H2,1H3/b25-18+,28-27?. The van der Waals surface area contributed by atoms with Gasteiger partial charge in [-0.3, -0.25) is 9.69 Å². The van der Waals surface area contributed by atoms with Gasteiger partial charge in [-0.25, -0.2) is 4.99 Å². The van der Waals surface area contributed by atoms with Crippen molar-refractivity contribution in [2.24, 2.45) is 4.99 Å². The molecule has 2 aliphatic carbocycles. The molecule has 3 fully saturated rings. The van der Waals surface area contributed by atoms with Gasteiger partial charge in [0.15, 0.2) is 5.76 Å². The van der Waals surface area contributed by atoms with Crippen LogP contribution in [0.5, 0.6) is 5.75 Å². The number of hydrogen-bond acceptors (Lipinski definition) is 7. The van der Waals surface area contributed by atoms with Crippen molar-refractivity contribution < 1.29 is 24.5 Å². The molecule has 35 heavy (non-hydrogen) atoms. The average Bonchev–Trinajstić information content (AvgIpc) is 3.19. The summed E-state index contributed by atoms with van der Waals surface area (Å²) in [5, 5.41) is 18.7. The first kappa shape index (κ1) is 25.5. The van der Waals surface area contributed by atoms with Crippen molar-refractivity contribution in [2.75, 3.05) is 38.3 Å². The summed E-state index contributed by atoms with van der Waals surface area (Å²) in [6.07, 6.45) is 12.9. The van der Waals surface area contributed by atoms with E-state index in [-0.39, 0.29) is 37.0 Å². The molecule has 192 valence electrons. The predicted octanol–water partition coefficient (Wildman–Crippen LogP) is 3.71. The van der Waals surface area contributed by atoms with Crippen LogP contribution in [0.1, 0.15) is 69.8 Å². The summed E-state index contributed by atoms with van der Waals surface area (Å²) in [6.45, 7) is 0.777. The SMILES string of the molecule is COc1cc(N(CCO)CCO)ccc1/C=C1/OC(=NC2CCCCC2)N(C2CCCCC2)C1=O. The molecule has 1 aliphatic heterocycles. The van der Waals surface area contributed by atoms with Crippen LogP contribution >= 0.6 is 0 Å². The van der Waals surface area contributed by atoms with E-state index in [2.05, 4.69) is 0 Å². The summed E-state index contributed by atoms with van der Waals surface area (Å²) in [4.78, 5) is 22.2. The number of ether oxygens (including phenoxy) is 2. The fraction of sp³-hybridized carbons (Fsp3) is 0.630. The number of carbonyl (C=O) groups excluding carboxylic acids is 1. The number of hydrogen-bond donors (Lipinski definition) is 2. The maximum atomic E-state index is 13.6. The largest absolute Gasteiger partial charge is 0.496 e. The number of carbonyl (C=O) groups is 1. The zero-order valence-electron chi connectivity index (χ0n) is 20.8. The van der Waals surface area contributed by atoms with Crippen LogP contribution in [0.2, 0.25) is 0 Å². The first-order valence-corrected chi connectivity index (χ1v) is 13.1. The van der Waals surface area contributed by atoms with Crippen molar-refractivity contribution in [3.8, 4) is 5.75 Å². The second-order valence-electron chi connectivity index (χ2n) is 9.64. The van der Waals surface area contributed by atoms with Gasteiger partial charge in [-0.1, -0.05) is 38.5 Å². The van der Waals surface area contributed by atoms with Crippen LogP contribution in [0.25, 0.3) is 6.08 Å².